The average Bonchev–Trinajstić information content (AvgIpc) is 3.31. The average molecular weight is 432 g/mol. The lowest BCUT2D eigenvalue weighted by Gasteiger charge is -2.14. The number of aliphatic hydroxyl groups is 2. The van der Waals surface area contributed by atoms with Gasteiger partial charge >= 0.3 is 0 Å². The molecule has 11 nitrogen and oxygen atoms in total. The predicted molar refractivity (Wildman–Crippen MR) is 109 cm³/mol. The Balaban J connectivity index is 1.47. The number of nitro groups is 1. The molecular weight excluding hydrogens is 412 g/mol. The Bertz CT molecular complexity index is 1060. The zero-order valence-electron chi connectivity index (χ0n) is 15.8. The number of hydrogen-bond donors (Lipinski definition) is 3. The minimum atomic E-state index is -0.771. The molecule has 3 aromatic rings. The summed E-state index contributed by atoms with van der Waals surface area (Å²) in [6.45, 7) is -0.273. The van der Waals surface area contributed by atoms with Crippen LogP contribution in [0.1, 0.15) is 18.2 Å². The molecule has 4 rings (SSSR count). The third-order valence-electron chi connectivity index (χ3n) is 4.89. The summed E-state index contributed by atoms with van der Waals surface area (Å²) in [5.74, 6) is 0.899. The summed E-state index contributed by atoms with van der Waals surface area (Å²) in [7, 11) is 0. The molecule has 0 spiro atoms. The quantitative estimate of drug-likeness (QED) is 0.214. The van der Waals surface area contributed by atoms with Crippen LogP contribution in [0.3, 0.4) is 0 Å². The lowest BCUT2D eigenvalue weighted by atomic mass is 10.1. The van der Waals surface area contributed by atoms with Crippen molar-refractivity contribution >= 4 is 34.4 Å². The van der Waals surface area contributed by atoms with Crippen LogP contribution in [0, 0.1) is 10.1 Å². The van der Waals surface area contributed by atoms with E-state index in [9.17, 15) is 20.3 Å². The van der Waals surface area contributed by atoms with Crippen molar-refractivity contribution in [2.45, 2.75) is 36.4 Å². The Labute approximate surface area is 175 Å². The molecule has 1 aliphatic rings. The second-order valence-corrected chi connectivity index (χ2v) is 7.91. The maximum Gasteiger partial charge on any atom is 0.269 e. The number of aryl methyl sites for hydroxylation is 1. The Hall–Kier alpha value is -2.80. The molecule has 0 aliphatic carbocycles. The van der Waals surface area contributed by atoms with Gasteiger partial charge in [0.25, 0.3) is 5.69 Å². The van der Waals surface area contributed by atoms with Gasteiger partial charge in [0.15, 0.2) is 16.6 Å². The number of nitrogens with two attached hydrogens (primary N) is 1. The third kappa shape index (κ3) is 4.07. The van der Waals surface area contributed by atoms with Gasteiger partial charge in [-0.3, -0.25) is 14.7 Å². The topological polar surface area (TPSA) is 162 Å². The van der Waals surface area contributed by atoms with Crippen LogP contribution in [-0.2, 0) is 11.2 Å². The number of aliphatic hydroxyl groups excluding tert-OH is 2. The van der Waals surface area contributed by atoms with E-state index in [-0.39, 0.29) is 18.1 Å². The smallest absolute Gasteiger partial charge is 0.269 e. The number of nitrogen functional groups attached to an aromatic ring is 1. The summed E-state index contributed by atoms with van der Waals surface area (Å²) in [6, 6.07) is 6.42. The van der Waals surface area contributed by atoms with Crippen molar-refractivity contribution in [2.24, 2.45) is 0 Å². The molecule has 12 heteroatoms. The van der Waals surface area contributed by atoms with Gasteiger partial charge in [0, 0.05) is 24.3 Å². The summed E-state index contributed by atoms with van der Waals surface area (Å²) in [6.07, 6.45) is 0.601. The first-order chi connectivity index (χ1) is 14.5. The fourth-order valence-corrected chi connectivity index (χ4v) is 4.12. The molecule has 0 saturated carbocycles. The zero-order chi connectivity index (χ0) is 21.3. The molecule has 1 aliphatic heterocycles. The fraction of sp³-hybridized carbons (Fsp3) is 0.389. The molecule has 1 fully saturated rings. The second kappa shape index (κ2) is 8.52. The van der Waals surface area contributed by atoms with E-state index in [4.69, 9.17) is 10.5 Å². The number of rotatable bonds is 7. The molecule has 0 amide bonds. The molecule has 30 heavy (non-hydrogen) atoms. The molecule has 0 bridgehead atoms. The van der Waals surface area contributed by atoms with E-state index in [1.165, 1.54) is 30.2 Å². The number of aromatic nitrogens is 4. The third-order valence-corrected chi connectivity index (χ3v) is 5.74. The van der Waals surface area contributed by atoms with Gasteiger partial charge in [-0.15, -0.1) is 0 Å². The summed E-state index contributed by atoms with van der Waals surface area (Å²) in [5.41, 5.74) is 8.01. The lowest BCUT2D eigenvalue weighted by Crippen LogP contribution is -2.24. The number of nitro benzene ring substituents is 1. The number of benzene rings is 1. The standard InChI is InChI=1S/C18H20N6O5S/c19-16-15-17(23(9-20-15)14-7-12(26)13(8-25)29-14)22-18(21-16)30-6-5-10-1-3-11(4-2-10)24(27)28/h1-4,9,12-14,25-26H,5-8H2,(H2,19,21,22)/t12-,13+,14+/m0/s1. The summed E-state index contributed by atoms with van der Waals surface area (Å²) >= 11 is 1.41. The van der Waals surface area contributed by atoms with Gasteiger partial charge in [0.2, 0.25) is 0 Å². The van der Waals surface area contributed by atoms with Crippen molar-refractivity contribution < 1.29 is 19.9 Å². The number of ether oxygens (including phenoxy) is 1. The number of nitrogens with zero attached hydrogens (tertiary/aromatic N) is 5. The first-order valence-electron chi connectivity index (χ1n) is 9.27. The largest absolute Gasteiger partial charge is 0.394 e. The zero-order valence-corrected chi connectivity index (χ0v) is 16.6. The van der Waals surface area contributed by atoms with Crippen molar-refractivity contribution in [1.29, 1.82) is 0 Å². The van der Waals surface area contributed by atoms with Crippen LogP contribution in [-0.4, -0.2) is 59.2 Å². The van der Waals surface area contributed by atoms with Gasteiger partial charge in [0.1, 0.15) is 17.8 Å². The summed E-state index contributed by atoms with van der Waals surface area (Å²) in [5, 5.41) is 30.5. The first-order valence-corrected chi connectivity index (χ1v) is 10.3. The second-order valence-electron chi connectivity index (χ2n) is 6.85. The predicted octanol–water partition coefficient (Wildman–Crippen LogP) is 1.29. The number of anilines is 1. The van der Waals surface area contributed by atoms with Gasteiger partial charge in [-0.1, -0.05) is 23.9 Å². The van der Waals surface area contributed by atoms with Crippen molar-refractivity contribution in [3.63, 3.8) is 0 Å². The lowest BCUT2D eigenvalue weighted by molar-refractivity contribution is -0.384. The van der Waals surface area contributed by atoms with Crippen molar-refractivity contribution in [3.8, 4) is 0 Å². The van der Waals surface area contributed by atoms with E-state index in [1.807, 2.05) is 0 Å². The van der Waals surface area contributed by atoms with Crippen molar-refractivity contribution in [2.75, 3.05) is 18.1 Å². The Morgan fingerprint density at radius 2 is 2.10 bits per heavy atom. The number of thioether (sulfide) groups is 1. The van der Waals surface area contributed by atoms with Gasteiger partial charge in [-0.05, 0) is 12.0 Å². The van der Waals surface area contributed by atoms with Crippen LogP contribution in [0.2, 0.25) is 0 Å². The monoisotopic (exact) mass is 432 g/mol. The van der Waals surface area contributed by atoms with E-state index in [2.05, 4.69) is 15.0 Å². The highest BCUT2D eigenvalue weighted by Gasteiger charge is 2.35. The maximum absolute atomic E-state index is 10.7. The molecular formula is C18H20N6O5S. The van der Waals surface area contributed by atoms with E-state index in [0.29, 0.717) is 34.9 Å². The SMILES string of the molecule is Nc1nc(SCCc2ccc([N+](=O)[O-])cc2)nc2c1ncn2[C@H]1C[C@H](O)[C@@H](CO)O1. The van der Waals surface area contributed by atoms with E-state index < -0.39 is 23.4 Å². The molecule has 4 N–H and O–H groups in total. The molecule has 0 unspecified atom stereocenters. The molecule has 3 atom stereocenters. The van der Waals surface area contributed by atoms with Crippen LogP contribution >= 0.6 is 11.8 Å². The number of non-ortho nitro benzene ring substituents is 1. The van der Waals surface area contributed by atoms with Gasteiger partial charge in [-0.2, -0.15) is 0 Å². The highest BCUT2D eigenvalue weighted by atomic mass is 32.2. The van der Waals surface area contributed by atoms with E-state index in [1.54, 1.807) is 16.7 Å². The Morgan fingerprint density at radius 1 is 1.33 bits per heavy atom. The normalized spacial score (nSPS) is 21.3. The highest BCUT2D eigenvalue weighted by molar-refractivity contribution is 7.99. The van der Waals surface area contributed by atoms with E-state index >= 15 is 0 Å². The van der Waals surface area contributed by atoms with Crippen LogP contribution in [0.4, 0.5) is 11.5 Å². The highest BCUT2D eigenvalue weighted by Crippen LogP contribution is 2.32. The van der Waals surface area contributed by atoms with Gasteiger partial charge < -0.3 is 20.7 Å². The van der Waals surface area contributed by atoms with Crippen LogP contribution in [0.5, 0.6) is 0 Å². The minimum Gasteiger partial charge on any atom is -0.394 e. The van der Waals surface area contributed by atoms with Crippen LogP contribution in [0.25, 0.3) is 11.2 Å². The Kier molecular flexibility index (Phi) is 5.81. The van der Waals surface area contributed by atoms with E-state index in [0.717, 1.165) is 5.56 Å². The molecule has 0 radical (unpaired) electrons. The molecule has 1 saturated heterocycles. The van der Waals surface area contributed by atoms with Crippen molar-refractivity contribution in [1.82, 2.24) is 19.5 Å². The number of imidazole rings is 1. The van der Waals surface area contributed by atoms with Gasteiger partial charge in [0.05, 0.1) is 24.0 Å². The molecule has 2 aromatic heterocycles. The van der Waals surface area contributed by atoms with Gasteiger partial charge in [-0.25, -0.2) is 15.0 Å². The first kappa shape index (κ1) is 20.5. The molecule has 158 valence electrons. The maximum atomic E-state index is 10.7. The fourth-order valence-electron chi connectivity index (χ4n) is 3.29. The van der Waals surface area contributed by atoms with Crippen molar-refractivity contribution in [3.05, 3.63) is 46.3 Å². The minimum absolute atomic E-state index is 0.0592. The number of hydrogen-bond acceptors (Lipinski definition) is 10. The molecule has 1 aromatic carbocycles. The number of fused-ring (bicyclic) bond motifs is 1. The Morgan fingerprint density at radius 3 is 2.77 bits per heavy atom. The molecule has 3 heterocycles. The summed E-state index contributed by atoms with van der Waals surface area (Å²) < 4.78 is 7.37. The van der Waals surface area contributed by atoms with Crippen LogP contribution < -0.4 is 5.73 Å². The summed E-state index contributed by atoms with van der Waals surface area (Å²) in [4.78, 5) is 23.4. The van der Waals surface area contributed by atoms with Crippen LogP contribution in [0.15, 0.2) is 35.7 Å².